The van der Waals surface area contributed by atoms with Crippen molar-refractivity contribution in [2.75, 3.05) is 7.05 Å². The largest absolute Gasteiger partial charge is 0.380 e. The number of thiol groups is 1. The molecule has 0 aromatic carbocycles. The minimum absolute atomic E-state index is 0.0949. The van der Waals surface area contributed by atoms with Crippen molar-refractivity contribution in [1.29, 1.82) is 0 Å². The predicted octanol–water partition coefficient (Wildman–Crippen LogP) is 0.228. The highest BCUT2D eigenvalue weighted by Crippen LogP contribution is 2.03. The first-order valence-corrected chi connectivity index (χ1v) is 3.48. The molecule has 0 spiro atoms. The van der Waals surface area contributed by atoms with E-state index >= 15 is 0 Å². The summed E-state index contributed by atoms with van der Waals surface area (Å²) in [6, 6.07) is 0. The van der Waals surface area contributed by atoms with E-state index in [-0.39, 0.29) is 11.2 Å². The van der Waals surface area contributed by atoms with Gasteiger partial charge >= 0.3 is 0 Å². The van der Waals surface area contributed by atoms with Crippen molar-refractivity contribution in [3.63, 3.8) is 0 Å². The zero-order chi connectivity index (χ0) is 9.02. The van der Waals surface area contributed by atoms with Gasteiger partial charge in [-0.25, -0.2) is 0 Å². The SMILES string of the molecule is CC(S)N(C)/C(N)=C/[N+](=O)[O-]. The molecule has 0 aliphatic heterocycles. The van der Waals surface area contributed by atoms with Crippen molar-refractivity contribution in [2.24, 2.45) is 5.73 Å². The number of rotatable bonds is 3. The van der Waals surface area contributed by atoms with Gasteiger partial charge < -0.3 is 10.6 Å². The molecule has 64 valence electrons. The first kappa shape index (κ1) is 10.1. The van der Waals surface area contributed by atoms with Crippen LogP contribution in [0.5, 0.6) is 0 Å². The fraction of sp³-hybridized carbons (Fsp3) is 0.600. The van der Waals surface area contributed by atoms with Crippen LogP contribution in [0.25, 0.3) is 0 Å². The molecule has 11 heavy (non-hydrogen) atoms. The van der Waals surface area contributed by atoms with Gasteiger partial charge in [-0.05, 0) is 6.92 Å². The molecule has 0 fully saturated rings. The van der Waals surface area contributed by atoms with Crippen molar-refractivity contribution in [2.45, 2.75) is 12.3 Å². The Balaban J connectivity index is 4.23. The molecular formula is C5H11N3O2S. The number of nitrogens with two attached hydrogens (primary N) is 1. The van der Waals surface area contributed by atoms with Gasteiger partial charge in [0, 0.05) is 7.05 Å². The molecule has 0 aromatic heterocycles. The van der Waals surface area contributed by atoms with Crippen LogP contribution >= 0.6 is 12.6 Å². The molecule has 6 heteroatoms. The van der Waals surface area contributed by atoms with Gasteiger partial charge in [0.05, 0.1) is 10.3 Å². The lowest BCUT2D eigenvalue weighted by molar-refractivity contribution is -0.404. The predicted molar refractivity (Wildman–Crippen MR) is 45.5 cm³/mol. The number of nitrogens with zero attached hydrogens (tertiary/aromatic N) is 2. The van der Waals surface area contributed by atoms with Gasteiger partial charge in [0.15, 0.2) is 5.82 Å². The monoisotopic (exact) mass is 177 g/mol. The van der Waals surface area contributed by atoms with Crippen LogP contribution in [0, 0.1) is 10.1 Å². The third-order valence-electron chi connectivity index (χ3n) is 1.21. The standard InChI is InChI=1S/C5H11N3O2S/c1-4(11)7(2)5(6)3-8(9)10/h3-4,11H,6H2,1-2H3/b5-3+. The molecule has 0 amide bonds. The van der Waals surface area contributed by atoms with Gasteiger partial charge in [-0.2, -0.15) is 12.6 Å². The van der Waals surface area contributed by atoms with Gasteiger partial charge in [0.1, 0.15) is 0 Å². The van der Waals surface area contributed by atoms with E-state index in [1.165, 1.54) is 4.90 Å². The molecule has 2 N–H and O–H groups in total. The summed E-state index contributed by atoms with van der Waals surface area (Å²) in [7, 11) is 1.63. The molecule has 0 bridgehead atoms. The second-order valence-electron chi connectivity index (χ2n) is 2.08. The summed E-state index contributed by atoms with van der Waals surface area (Å²) < 4.78 is 0. The minimum atomic E-state index is -0.595. The summed E-state index contributed by atoms with van der Waals surface area (Å²) >= 11 is 4.04. The summed E-state index contributed by atoms with van der Waals surface area (Å²) in [5.41, 5.74) is 5.32. The average Bonchev–Trinajstić information content (AvgIpc) is 1.84. The average molecular weight is 177 g/mol. The zero-order valence-electron chi connectivity index (χ0n) is 6.39. The molecule has 0 rings (SSSR count). The van der Waals surface area contributed by atoms with E-state index in [0.717, 1.165) is 6.20 Å². The van der Waals surface area contributed by atoms with E-state index in [0.29, 0.717) is 0 Å². The van der Waals surface area contributed by atoms with Gasteiger partial charge in [-0.15, -0.1) is 0 Å². The molecule has 0 saturated heterocycles. The Hall–Kier alpha value is -0.910. The van der Waals surface area contributed by atoms with Crippen molar-refractivity contribution in [3.05, 3.63) is 22.1 Å². The summed E-state index contributed by atoms with van der Waals surface area (Å²) in [6.07, 6.45) is 0.743. The molecule has 0 radical (unpaired) electrons. The lowest BCUT2D eigenvalue weighted by Gasteiger charge is -2.20. The molecule has 0 aromatic rings. The molecular weight excluding hydrogens is 166 g/mol. The van der Waals surface area contributed by atoms with E-state index in [1.54, 1.807) is 14.0 Å². The van der Waals surface area contributed by atoms with Crippen LogP contribution in [0.1, 0.15) is 6.92 Å². The van der Waals surface area contributed by atoms with E-state index in [1.807, 2.05) is 0 Å². The topological polar surface area (TPSA) is 72.4 Å². The van der Waals surface area contributed by atoms with Gasteiger partial charge in [0.2, 0.25) is 0 Å². The van der Waals surface area contributed by atoms with Crippen LogP contribution in [-0.4, -0.2) is 22.2 Å². The van der Waals surface area contributed by atoms with Crippen molar-refractivity contribution < 1.29 is 4.92 Å². The smallest absolute Gasteiger partial charge is 0.274 e. The highest BCUT2D eigenvalue weighted by molar-refractivity contribution is 7.80. The second kappa shape index (κ2) is 4.07. The van der Waals surface area contributed by atoms with Crippen molar-refractivity contribution in [3.8, 4) is 0 Å². The lowest BCUT2D eigenvalue weighted by Crippen LogP contribution is -2.29. The van der Waals surface area contributed by atoms with Gasteiger partial charge in [-0.3, -0.25) is 10.1 Å². The first-order valence-electron chi connectivity index (χ1n) is 2.97. The number of hydrogen-bond acceptors (Lipinski definition) is 5. The Morgan fingerprint density at radius 2 is 2.36 bits per heavy atom. The van der Waals surface area contributed by atoms with Crippen molar-refractivity contribution in [1.82, 2.24) is 4.90 Å². The fourth-order valence-corrected chi connectivity index (χ4v) is 0.548. The van der Waals surface area contributed by atoms with Crippen LogP contribution in [0.15, 0.2) is 12.0 Å². The Labute approximate surface area is 70.4 Å². The number of hydrogen-bond donors (Lipinski definition) is 2. The van der Waals surface area contributed by atoms with Crippen LogP contribution in [0.3, 0.4) is 0 Å². The maximum absolute atomic E-state index is 9.93. The first-order chi connectivity index (χ1) is 4.95. The normalized spacial score (nSPS) is 14.3. The number of nitro groups is 1. The third-order valence-corrected chi connectivity index (χ3v) is 1.55. The molecule has 1 atom stereocenters. The Morgan fingerprint density at radius 3 is 2.64 bits per heavy atom. The molecule has 0 saturated carbocycles. The summed E-state index contributed by atoms with van der Waals surface area (Å²) in [5.74, 6) is 0.0949. The molecule has 0 heterocycles. The Bertz CT molecular complexity index is 181. The maximum atomic E-state index is 9.93. The second-order valence-corrected chi connectivity index (χ2v) is 2.83. The molecule has 1 unspecified atom stereocenters. The van der Waals surface area contributed by atoms with Crippen LogP contribution in [0.2, 0.25) is 0 Å². The lowest BCUT2D eigenvalue weighted by atomic mass is 10.6. The fourth-order valence-electron chi connectivity index (χ4n) is 0.415. The Morgan fingerprint density at radius 1 is 1.91 bits per heavy atom. The summed E-state index contributed by atoms with van der Waals surface area (Å²) in [4.78, 5) is 10.8. The Kier molecular flexibility index (Phi) is 3.73. The minimum Gasteiger partial charge on any atom is -0.380 e. The van der Waals surface area contributed by atoms with Crippen LogP contribution in [0.4, 0.5) is 0 Å². The van der Waals surface area contributed by atoms with E-state index < -0.39 is 4.92 Å². The van der Waals surface area contributed by atoms with Crippen LogP contribution in [-0.2, 0) is 0 Å². The highest BCUT2D eigenvalue weighted by Gasteiger charge is 2.07. The van der Waals surface area contributed by atoms with Gasteiger partial charge in [0.25, 0.3) is 6.20 Å². The maximum Gasteiger partial charge on any atom is 0.274 e. The quantitative estimate of drug-likeness (QED) is 0.280. The summed E-state index contributed by atoms with van der Waals surface area (Å²) in [6.45, 7) is 1.77. The zero-order valence-corrected chi connectivity index (χ0v) is 7.28. The van der Waals surface area contributed by atoms with Crippen LogP contribution < -0.4 is 5.73 Å². The van der Waals surface area contributed by atoms with E-state index in [2.05, 4.69) is 12.6 Å². The summed E-state index contributed by atoms with van der Waals surface area (Å²) in [5, 5.41) is 9.80. The van der Waals surface area contributed by atoms with E-state index in [4.69, 9.17) is 5.73 Å². The molecule has 0 aliphatic carbocycles. The van der Waals surface area contributed by atoms with Crippen molar-refractivity contribution >= 4 is 12.6 Å². The third kappa shape index (κ3) is 3.72. The molecule has 5 nitrogen and oxygen atoms in total. The molecule has 0 aliphatic rings. The van der Waals surface area contributed by atoms with Gasteiger partial charge in [-0.1, -0.05) is 0 Å². The van der Waals surface area contributed by atoms with E-state index in [9.17, 15) is 10.1 Å². The highest BCUT2D eigenvalue weighted by atomic mass is 32.1.